The predicted octanol–water partition coefficient (Wildman–Crippen LogP) is 1.94. The molecule has 4 N–H and O–H groups in total. The molecule has 1 saturated carbocycles. The van der Waals surface area contributed by atoms with Crippen LogP contribution in [-0.4, -0.2) is 30.7 Å². The van der Waals surface area contributed by atoms with Crippen LogP contribution in [-0.2, 0) is 0 Å². The first-order chi connectivity index (χ1) is 9.63. The van der Waals surface area contributed by atoms with Gasteiger partial charge in [0.15, 0.2) is 5.84 Å². The van der Waals surface area contributed by atoms with Crippen molar-refractivity contribution in [3.8, 4) is 5.75 Å². The minimum absolute atomic E-state index is 0.104. The first-order valence-electron chi connectivity index (χ1n) is 7.04. The molecule has 0 spiro atoms. The molecule has 1 fully saturated rings. The maximum absolute atomic E-state index is 8.57. The molecule has 1 aromatic carbocycles. The first-order valence-corrected chi connectivity index (χ1v) is 7.04. The topological polar surface area (TPSA) is 79.9 Å². The Hall–Kier alpha value is -1.75. The molecule has 0 heterocycles. The monoisotopic (exact) mass is 277 g/mol. The van der Waals surface area contributed by atoms with Crippen molar-refractivity contribution < 1.29 is 9.94 Å². The molecule has 0 radical (unpaired) electrons. The fraction of sp³-hybridized carbons (Fsp3) is 0.533. The normalized spacial score (nSPS) is 17.6. The number of rotatable bonds is 7. The maximum atomic E-state index is 8.57. The molecular formula is C15H23N3O2. The quantitative estimate of drug-likeness (QED) is 0.234. The van der Waals surface area contributed by atoms with Crippen molar-refractivity contribution in [3.05, 3.63) is 29.8 Å². The smallest absolute Gasteiger partial charge is 0.170 e. The molecule has 0 aromatic heterocycles. The van der Waals surface area contributed by atoms with Gasteiger partial charge >= 0.3 is 0 Å². The zero-order valence-electron chi connectivity index (χ0n) is 11.9. The summed E-state index contributed by atoms with van der Waals surface area (Å²) in [6.07, 6.45) is 4.02. The highest BCUT2D eigenvalue weighted by Crippen LogP contribution is 2.39. The predicted molar refractivity (Wildman–Crippen MR) is 79.3 cm³/mol. The number of oxime groups is 1. The molecule has 2 rings (SSSR count). The summed E-state index contributed by atoms with van der Waals surface area (Å²) in [7, 11) is 0. The van der Waals surface area contributed by atoms with E-state index in [1.807, 2.05) is 12.1 Å². The van der Waals surface area contributed by atoms with Gasteiger partial charge in [-0.1, -0.05) is 18.5 Å². The van der Waals surface area contributed by atoms with Gasteiger partial charge in [0.05, 0.1) is 0 Å². The summed E-state index contributed by atoms with van der Waals surface area (Å²) in [6, 6.07) is 7.18. The highest BCUT2D eigenvalue weighted by molar-refractivity contribution is 5.97. The van der Waals surface area contributed by atoms with E-state index in [0.29, 0.717) is 17.6 Å². The highest BCUT2D eigenvalue weighted by Gasteiger charge is 2.30. The van der Waals surface area contributed by atoms with Crippen LogP contribution in [0.5, 0.6) is 5.75 Å². The standard InChI is InChI=1S/C15H23N3O2/c1-15(7-2-8-15)11-17-9-10-20-13-5-3-12(4-6-13)14(16)18-19/h3-6,17,19H,2,7-11H2,1H3,(H2,16,18). The Labute approximate surface area is 119 Å². The van der Waals surface area contributed by atoms with Gasteiger partial charge in [0.25, 0.3) is 0 Å². The number of hydrogen-bond acceptors (Lipinski definition) is 4. The Morgan fingerprint density at radius 3 is 2.65 bits per heavy atom. The average Bonchev–Trinajstić information content (AvgIpc) is 2.45. The summed E-state index contributed by atoms with van der Waals surface area (Å²) in [4.78, 5) is 0. The van der Waals surface area contributed by atoms with Gasteiger partial charge in [-0.05, 0) is 42.5 Å². The van der Waals surface area contributed by atoms with Crippen LogP contribution in [0.3, 0.4) is 0 Å². The number of nitrogens with two attached hydrogens (primary N) is 1. The molecule has 1 aliphatic rings. The molecule has 5 nitrogen and oxygen atoms in total. The molecule has 110 valence electrons. The molecule has 0 amide bonds. The first kappa shape index (κ1) is 14.7. The molecule has 1 aliphatic carbocycles. The zero-order valence-corrected chi connectivity index (χ0v) is 11.9. The summed E-state index contributed by atoms with van der Waals surface area (Å²) >= 11 is 0. The van der Waals surface area contributed by atoms with Crippen LogP contribution in [0.4, 0.5) is 0 Å². The lowest BCUT2D eigenvalue weighted by molar-refractivity contribution is 0.154. The minimum atomic E-state index is 0.104. The molecule has 0 atom stereocenters. The highest BCUT2D eigenvalue weighted by atomic mass is 16.5. The number of hydrogen-bond donors (Lipinski definition) is 3. The van der Waals surface area contributed by atoms with E-state index < -0.39 is 0 Å². The van der Waals surface area contributed by atoms with Gasteiger partial charge < -0.3 is 21.0 Å². The van der Waals surface area contributed by atoms with Crippen molar-refractivity contribution >= 4 is 5.84 Å². The van der Waals surface area contributed by atoms with E-state index in [4.69, 9.17) is 15.7 Å². The van der Waals surface area contributed by atoms with Crippen LogP contribution in [0, 0.1) is 5.41 Å². The summed E-state index contributed by atoms with van der Waals surface area (Å²) in [5.41, 5.74) is 6.67. The van der Waals surface area contributed by atoms with Gasteiger partial charge in [-0.3, -0.25) is 0 Å². The van der Waals surface area contributed by atoms with E-state index in [-0.39, 0.29) is 5.84 Å². The Kier molecular flexibility index (Phi) is 4.84. The fourth-order valence-electron chi connectivity index (χ4n) is 2.37. The lowest BCUT2D eigenvalue weighted by Gasteiger charge is -2.38. The summed E-state index contributed by atoms with van der Waals surface area (Å²) in [6.45, 7) is 4.88. The van der Waals surface area contributed by atoms with Crippen molar-refractivity contribution in [2.24, 2.45) is 16.3 Å². The zero-order chi connectivity index (χ0) is 14.4. The van der Waals surface area contributed by atoms with Gasteiger partial charge in [-0.25, -0.2) is 0 Å². The van der Waals surface area contributed by atoms with E-state index in [0.717, 1.165) is 18.8 Å². The third-order valence-corrected chi connectivity index (χ3v) is 3.92. The fourth-order valence-corrected chi connectivity index (χ4v) is 2.37. The SMILES string of the molecule is CC1(CNCCOc2ccc(/C(N)=N/O)cc2)CCC1. The maximum Gasteiger partial charge on any atom is 0.170 e. The van der Waals surface area contributed by atoms with Crippen molar-refractivity contribution in [1.29, 1.82) is 0 Å². The largest absolute Gasteiger partial charge is 0.492 e. The van der Waals surface area contributed by atoms with E-state index in [1.54, 1.807) is 12.1 Å². The van der Waals surface area contributed by atoms with Crippen LogP contribution < -0.4 is 15.8 Å². The number of nitrogens with zero attached hydrogens (tertiary/aromatic N) is 1. The van der Waals surface area contributed by atoms with Gasteiger partial charge in [0.1, 0.15) is 12.4 Å². The second-order valence-corrected chi connectivity index (χ2v) is 5.70. The van der Waals surface area contributed by atoms with Crippen LogP contribution in [0.25, 0.3) is 0 Å². The lowest BCUT2D eigenvalue weighted by Crippen LogP contribution is -2.38. The van der Waals surface area contributed by atoms with Crippen LogP contribution >= 0.6 is 0 Å². The van der Waals surface area contributed by atoms with Crippen LogP contribution in [0.15, 0.2) is 29.4 Å². The number of benzene rings is 1. The summed E-state index contributed by atoms with van der Waals surface area (Å²) in [5, 5.41) is 15.0. The molecule has 0 unspecified atom stereocenters. The Morgan fingerprint density at radius 1 is 1.40 bits per heavy atom. The number of amidine groups is 1. The van der Waals surface area contributed by atoms with E-state index in [2.05, 4.69) is 17.4 Å². The van der Waals surface area contributed by atoms with Gasteiger partial charge in [0.2, 0.25) is 0 Å². The average molecular weight is 277 g/mol. The van der Waals surface area contributed by atoms with E-state index in [9.17, 15) is 0 Å². The minimum Gasteiger partial charge on any atom is -0.492 e. The molecule has 5 heteroatoms. The van der Waals surface area contributed by atoms with Crippen molar-refractivity contribution in [2.45, 2.75) is 26.2 Å². The van der Waals surface area contributed by atoms with Gasteiger partial charge in [-0.2, -0.15) is 0 Å². The molecule has 0 aliphatic heterocycles. The van der Waals surface area contributed by atoms with Gasteiger partial charge in [-0.15, -0.1) is 0 Å². The molecule has 1 aromatic rings. The van der Waals surface area contributed by atoms with Crippen molar-refractivity contribution in [2.75, 3.05) is 19.7 Å². The van der Waals surface area contributed by atoms with Crippen molar-refractivity contribution in [1.82, 2.24) is 5.32 Å². The lowest BCUT2D eigenvalue weighted by atomic mass is 9.70. The number of nitrogens with one attached hydrogen (secondary N) is 1. The summed E-state index contributed by atoms with van der Waals surface area (Å²) < 4.78 is 5.64. The molecule has 0 saturated heterocycles. The van der Waals surface area contributed by atoms with E-state index >= 15 is 0 Å². The van der Waals surface area contributed by atoms with E-state index in [1.165, 1.54) is 19.3 Å². The molecule has 20 heavy (non-hydrogen) atoms. The Morgan fingerprint density at radius 2 is 2.10 bits per heavy atom. The second kappa shape index (κ2) is 6.61. The molecule has 0 bridgehead atoms. The second-order valence-electron chi connectivity index (χ2n) is 5.70. The number of ether oxygens (including phenoxy) is 1. The van der Waals surface area contributed by atoms with Gasteiger partial charge in [0, 0.05) is 18.7 Å². The van der Waals surface area contributed by atoms with Crippen LogP contribution in [0.2, 0.25) is 0 Å². The van der Waals surface area contributed by atoms with Crippen molar-refractivity contribution in [3.63, 3.8) is 0 Å². The van der Waals surface area contributed by atoms with Crippen LogP contribution in [0.1, 0.15) is 31.7 Å². The molecular weight excluding hydrogens is 254 g/mol. The Bertz CT molecular complexity index is 453. The third-order valence-electron chi connectivity index (χ3n) is 3.92. The summed E-state index contributed by atoms with van der Waals surface area (Å²) in [5.74, 6) is 0.892. The Balaban J connectivity index is 1.66. The third kappa shape index (κ3) is 3.87.